The second kappa shape index (κ2) is 77.0. The molecular formula is C87H170O17P2. The van der Waals surface area contributed by atoms with Crippen molar-refractivity contribution in [3.8, 4) is 0 Å². The molecule has 17 nitrogen and oxygen atoms in total. The highest BCUT2D eigenvalue weighted by Gasteiger charge is 2.31. The van der Waals surface area contributed by atoms with Gasteiger partial charge in [-0.15, -0.1) is 0 Å². The zero-order chi connectivity index (χ0) is 77.9. The van der Waals surface area contributed by atoms with Gasteiger partial charge in [-0.25, -0.2) is 9.13 Å². The number of aliphatic hydroxyl groups excluding tert-OH is 1. The molecular weight excluding hydrogens is 1380 g/mol. The minimum absolute atomic E-state index is 0.106. The molecule has 0 aromatic carbocycles. The Morgan fingerprint density at radius 3 is 0.717 bits per heavy atom. The molecule has 3 unspecified atom stereocenters. The van der Waals surface area contributed by atoms with E-state index in [0.717, 1.165) is 114 Å². The van der Waals surface area contributed by atoms with Crippen molar-refractivity contribution in [2.75, 3.05) is 39.6 Å². The standard InChI is InChI=1S/C87H170O17P2/c1-8-10-11-12-13-14-15-16-17-18-19-23-26-31-36-41-46-54-61-68-84(89)97-74-82(103-86(91)70-63-56-47-42-37-32-27-24-21-20-22-25-29-34-39-44-51-58-65-78(3)4)76-101-105(93,94)99-72-81(88)73-100-106(95,96)102-77-83(75-98-85(90)69-62-55-50-49-53-60-67-80(7)9-2)104-87(92)71-64-57-48-43-38-33-28-30-35-40-45-52-59-66-79(5)6/h78-83,88H,8-77H2,1-7H3,(H,93,94)(H,95,96)/t80?,81-,82-,83-/m1/s1. The molecule has 0 aliphatic carbocycles. The molecule has 0 aromatic heterocycles. The normalized spacial score (nSPS) is 14.1. The van der Waals surface area contributed by atoms with Crippen molar-refractivity contribution in [3.05, 3.63) is 0 Å². The summed E-state index contributed by atoms with van der Waals surface area (Å²) in [5, 5.41) is 10.7. The minimum atomic E-state index is -4.97. The summed E-state index contributed by atoms with van der Waals surface area (Å²) >= 11 is 0. The van der Waals surface area contributed by atoms with Crippen LogP contribution in [0.4, 0.5) is 0 Å². The molecule has 0 heterocycles. The lowest BCUT2D eigenvalue weighted by Crippen LogP contribution is -2.30. The molecule has 0 rings (SSSR count). The van der Waals surface area contributed by atoms with Crippen LogP contribution in [0.5, 0.6) is 0 Å². The number of aliphatic hydroxyl groups is 1. The fourth-order valence-corrected chi connectivity index (χ4v) is 15.1. The molecule has 0 radical (unpaired) electrons. The zero-order valence-electron chi connectivity index (χ0n) is 69.9. The highest BCUT2D eigenvalue weighted by molar-refractivity contribution is 7.47. The van der Waals surface area contributed by atoms with Crippen LogP contribution in [0.3, 0.4) is 0 Å². The van der Waals surface area contributed by atoms with Gasteiger partial charge in [0.25, 0.3) is 0 Å². The monoisotopic (exact) mass is 1550 g/mol. The van der Waals surface area contributed by atoms with Gasteiger partial charge in [0.15, 0.2) is 12.2 Å². The summed E-state index contributed by atoms with van der Waals surface area (Å²) in [6, 6.07) is 0. The molecule has 0 aliphatic rings. The van der Waals surface area contributed by atoms with Crippen LogP contribution in [-0.4, -0.2) is 96.7 Å². The van der Waals surface area contributed by atoms with Crippen molar-refractivity contribution in [2.45, 2.75) is 478 Å². The number of carbonyl (C=O) groups excluding carboxylic acids is 4. The quantitative estimate of drug-likeness (QED) is 0.0222. The van der Waals surface area contributed by atoms with Gasteiger partial charge in [-0.05, 0) is 43.4 Å². The first-order chi connectivity index (χ1) is 51.3. The smallest absolute Gasteiger partial charge is 0.462 e. The molecule has 0 fully saturated rings. The van der Waals surface area contributed by atoms with E-state index in [2.05, 4.69) is 48.5 Å². The lowest BCUT2D eigenvalue weighted by atomic mass is 10.00. The van der Waals surface area contributed by atoms with Crippen LogP contribution in [-0.2, 0) is 65.4 Å². The fraction of sp³-hybridized carbons (Fsp3) is 0.954. The predicted molar refractivity (Wildman–Crippen MR) is 437 cm³/mol. The summed E-state index contributed by atoms with van der Waals surface area (Å²) in [5.74, 6) is 0.233. The molecule has 0 saturated carbocycles. The van der Waals surface area contributed by atoms with Gasteiger partial charge in [0, 0.05) is 25.7 Å². The molecule has 19 heteroatoms. The molecule has 0 bridgehead atoms. The van der Waals surface area contributed by atoms with Crippen LogP contribution in [0.2, 0.25) is 0 Å². The summed E-state index contributed by atoms with van der Waals surface area (Å²) < 4.78 is 68.9. The third kappa shape index (κ3) is 78.7. The second-order valence-electron chi connectivity index (χ2n) is 32.5. The Kier molecular flexibility index (Phi) is 75.6. The van der Waals surface area contributed by atoms with Crippen LogP contribution < -0.4 is 0 Å². The van der Waals surface area contributed by atoms with Crippen molar-refractivity contribution in [1.82, 2.24) is 0 Å². The SMILES string of the molecule is CCCCCCCCCCCCCCCCCCCCCC(=O)OC[C@H](COP(=O)(O)OC[C@@H](O)COP(=O)(O)OC[C@@H](COC(=O)CCCCCCCCC(C)CC)OC(=O)CCCCCCCCCCCCCCCC(C)C)OC(=O)CCCCCCCCCCCCCCCCCCCCC(C)C. The van der Waals surface area contributed by atoms with E-state index in [-0.39, 0.29) is 25.7 Å². The summed E-state index contributed by atoms with van der Waals surface area (Å²) in [5.41, 5.74) is 0. The van der Waals surface area contributed by atoms with Crippen molar-refractivity contribution < 1.29 is 80.2 Å². The maximum atomic E-state index is 13.2. The molecule has 0 amide bonds. The Morgan fingerprint density at radius 1 is 0.274 bits per heavy atom. The average molecular weight is 1550 g/mol. The van der Waals surface area contributed by atoms with Crippen molar-refractivity contribution in [1.29, 1.82) is 0 Å². The van der Waals surface area contributed by atoms with Crippen LogP contribution in [0, 0.1) is 17.8 Å². The lowest BCUT2D eigenvalue weighted by Gasteiger charge is -2.21. The number of carbonyl (C=O) groups is 4. The van der Waals surface area contributed by atoms with Crippen LogP contribution in [0.25, 0.3) is 0 Å². The molecule has 0 aliphatic heterocycles. The number of hydrogen-bond acceptors (Lipinski definition) is 15. The topological polar surface area (TPSA) is 237 Å². The van der Waals surface area contributed by atoms with E-state index >= 15 is 0 Å². The fourth-order valence-electron chi connectivity index (χ4n) is 13.5. The van der Waals surface area contributed by atoms with Gasteiger partial charge < -0.3 is 33.8 Å². The van der Waals surface area contributed by atoms with Gasteiger partial charge in [-0.3, -0.25) is 37.3 Å². The van der Waals surface area contributed by atoms with Crippen molar-refractivity contribution in [3.63, 3.8) is 0 Å². The predicted octanol–water partition coefficient (Wildman–Crippen LogP) is 26.5. The Balaban J connectivity index is 5.23. The Labute approximate surface area is 651 Å². The van der Waals surface area contributed by atoms with E-state index < -0.39 is 97.5 Å². The van der Waals surface area contributed by atoms with Gasteiger partial charge in [0.1, 0.15) is 19.3 Å². The van der Waals surface area contributed by atoms with Crippen LogP contribution >= 0.6 is 15.6 Å². The summed E-state index contributed by atoms with van der Waals surface area (Å²) in [7, 11) is -9.93. The molecule has 0 saturated heterocycles. The van der Waals surface area contributed by atoms with E-state index in [1.165, 1.54) is 263 Å². The van der Waals surface area contributed by atoms with E-state index in [9.17, 15) is 43.2 Å². The minimum Gasteiger partial charge on any atom is -0.462 e. The number of unbranched alkanes of at least 4 members (excludes halogenated alkanes) is 52. The number of ether oxygens (including phenoxy) is 4. The van der Waals surface area contributed by atoms with Crippen molar-refractivity contribution in [2.24, 2.45) is 17.8 Å². The molecule has 630 valence electrons. The van der Waals surface area contributed by atoms with Crippen LogP contribution in [0.15, 0.2) is 0 Å². The molecule has 106 heavy (non-hydrogen) atoms. The Bertz CT molecular complexity index is 2050. The van der Waals surface area contributed by atoms with Crippen LogP contribution in [0.1, 0.15) is 459 Å². The Morgan fingerprint density at radius 2 is 0.481 bits per heavy atom. The molecule has 0 aromatic rings. The van der Waals surface area contributed by atoms with Gasteiger partial charge >= 0.3 is 39.5 Å². The maximum absolute atomic E-state index is 13.2. The van der Waals surface area contributed by atoms with E-state index in [1.54, 1.807) is 0 Å². The highest BCUT2D eigenvalue weighted by Crippen LogP contribution is 2.45. The highest BCUT2D eigenvalue weighted by atomic mass is 31.2. The van der Waals surface area contributed by atoms with Gasteiger partial charge in [0.05, 0.1) is 26.4 Å². The third-order valence-electron chi connectivity index (χ3n) is 20.7. The third-order valence-corrected chi connectivity index (χ3v) is 22.6. The lowest BCUT2D eigenvalue weighted by molar-refractivity contribution is -0.161. The number of phosphoric acid groups is 2. The summed E-state index contributed by atoms with van der Waals surface area (Å²) in [6.45, 7) is 12.0. The molecule has 0 spiro atoms. The average Bonchev–Trinajstić information content (AvgIpc) is 0.902. The van der Waals surface area contributed by atoms with E-state index in [0.29, 0.717) is 25.7 Å². The van der Waals surface area contributed by atoms with Gasteiger partial charge in [-0.2, -0.15) is 0 Å². The molecule has 6 atom stereocenters. The van der Waals surface area contributed by atoms with Crippen molar-refractivity contribution >= 4 is 39.5 Å². The summed E-state index contributed by atoms with van der Waals surface area (Å²) in [6.07, 6.45) is 68.2. The number of rotatable bonds is 85. The summed E-state index contributed by atoms with van der Waals surface area (Å²) in [4.78, 5) is 73.2. The second-order valence-corrected chi connectivity index (χ2v) is 35.4. The van der Waals surface area contributed by atoms with E-state index in [1.807, 2.05) is 0 Å². The van der Waals surface area contributed by atoms with Gasteiger partial charge in [0.2, 0.25) is 0 Å². The Hall–Kier alpha value is -1.94. The zero-order valence-corrected chi connectivity index (χ0v) is 71.7. The molecule has 3 N–H and O–H groups in total. The first-order valence-corrected chi connectivity index (χ1v) is 47.9. The van der Waals surface area contributed by atoms with Gasteiger partial charge in [-0.1, -0.05) is 408 Å². The number of hydrogen-bond donors (Lipinski definition) is 3. The number of esters is 4. The largest absolute Gasteiger partial charge is 0.472 e. The number of phosphoric ester groups is 2. The first kappa shape index (κ1) is 104. The first-order valence-electron chi connectivity index (χ1n) is 44.9. The van der Waals surface area contributed by atoms with E-state index in [4.69, 9.17) is 37.0 Å². The maximum Gasteiger partial charge on any atom is 0.472 e.